The van der Waals surface area contributed by atoms with E-state index in [2.05, 4.69) is 4.72 Å². The first-order valence-electron chi connectivity index (χ1n) is 9.10. The van der Waals surface area contributed by atoms with Crippen molar-refractivity contribution in [3.8, 4) is 0 Å². The quantitative estimate of drug-likeness (QED) is 0.364. The van der Waals surface area contributed by atoms with Crippen LogP contribution in [0.2, 0.25) is 0 Å². The average Bonchev–Trinajstić information content (AvgIpc) is 2.95. The van der Waals surface area contributed by atoms with Crippen LogP contribution in [-0.4, -0.2) is 32.8 Å². The number of imide groups is 1. The smallest absolute Gasteiger partial charge is 0.338 e. The lowest BCUT2D eigenvalue weighted by Gasteiger charge is -2.15. The lowest BCUT2D eigenvalue weighted by molar-refractivity contribution is -0.120. The average molecular weight is 464 g/mol. The van der Waals surface area contributed by atoms with Gasteiger partial charge in [-0.15, -0.1) is 0 Å². The van der Waals surface area contributed by atoms with Gasteiger partial charge in [0, 0.05) is 5.69 Å². The van der Waals surface area contributed by atoms with E-state index in [0.29, 0.717) is 17.0 Å². The number of benzene rings is 2. The molecule has 0 saturated carbocycles. The number of esters is 1. The van der Waals surface area contributed by atoms with Crippen molar-refractivity contribution in [2.45, 2.75) is 18.2 Å². The van der Waals surface area contributed by atoms with Crippen molar-refractivity contribution in [3.05, 3.63) is 64.8 Å². The van der Waals surface area contributed by atoms with Gasteiger partial charge in [0.2, 0.25) is 0 Å². The predicted molar refractivity (Wildman–Crippen MR) is 114 cm³/mol. The number of amides is 2. The molecule has 31 heavy (non-hydrogen) atoms. The molecule has 2 amide bonds. The second kappa shape index (κ2) is 8.78. The summed E-state index contributed by atoms with van der Waals surface area (Å²) in [5.41, 5.74) is 5.68. The van der Waals surface area contributed by atoms with E-state index in [1.807, 2.05) is 6.92 Å². The Morgan fingerprint density at radius 3 is 2.26 bits per heavy atom. The van der Waals surface area contributed by atoms with Crippen LogP contribution in [0, 0.1) is 0 Å². The fourth-order valence-corrected chi connectivity index (χ4v) is 4.03. The SMILES string of the molecule is CCCOC(=O)c1ccc(N2C(=O)C(Cl)=C(NS(=O)(=O)c3ccc(N)cc3)C2=O)cc1. The van der Waals surface area contributed by atoms with Crippen molar-refractivity contribution < 1.29 is 27.5 Å². The van der Waals surface area contributed by atoms with Crippen LogP contribution in [0.4, 0.5) is 11.4 Å². The minimum Gasteiger partial charge on any atom is -0.462 e. The second-order valence-electron chi connectivity index (χ2n) is 6.49. The van der Waals surface area contributed by atoms with Crippen molar-refractivity contribution in [2.75, 3.05) is 17.2 Å². The Kier molecular flexibility index (Phi) is 6.32. The third kappa shape index (κ3) is 4.54. The van der Waals surface area contributed by atoms with Crippen LogP contribution in [0.5, 0.6) is 0 Å². The molecule has 0 aromatic heterocycles. The summed E-state index contributed by atoms with van der Waals surface area (Å²) in [5, 5.41) is -0.574. The fourth-order valence-electron chi connectivity index (χ4n) is 2.69. The van der Waals surface area contributed by atoms with Gasteiger partial charge in [-0.1, -0.05) is 18.5 Å². The zero-order chi connectivity index (χ0) is 22.8. The van der Waals surface area contributed by atoms with Gasteiger partial charge in [0.05, 0.1) is 22.8 Å². The predicted octanol–water partition coefficient (Wildman–Crippen LogP) is 2.14. The molecule has 0 spiro atoms. The minimum absolute atomic E-state index is 0.113. The molecule has 0 aliphatic carbocycles. The van der Waals surface area contributed by atoms with E-state index in [-0.39, 0.29) is 22.8 Å². The zero-order valence-electron chi connectivity index (χ0n) is 16.3. The van der Waals surface area contributed by atoms with Crippen LogP contribution < -0.4 is 15.4 Å². The summed E-state index contributed by atoms with van der Waals surface area (Å²) in [4.78, 5) is 37.8. The van der Waals surface area contributed by atoms with Gasteiger partial charge in [-0.05, 0) is 55.0 Å². The highest BCUT2D eigenvalue weighted by molar-refractivity contribution is 7.89. The molecule has 0 radical (unpaired) electrons. The van der Waals surface area contributed by atoms with Crippen molar-refractivity contribution in [2.24, 2.45) is 0 Å². The largest absolute Gasteiger partial charge is 0.462 e. The molecule has 0 saturated heterocycles. The van der Waals surface area contributed by atoms with E-state index in [1.165, 1.54) is 48.5 Å². The van der Waals surface area contributed by atoms with Crippen LogP contribution in [0.3, 0.4) is 0 Å². The van der Waals surface area contributed by atoms with E-state index < -0.39 is 38.5 Å². The Balaban J connectivity index is 1.82. The molecule has 2 aromatic carbocycles. The Labute approximate surface area is 183 Å². The van der Waals surface area contributed by atoms with Crippen LogP contribution in [0.15, 0.2) is 64.2 Å². The number of ether oxygens (including phenoxy) is 1. The minimum atomic E-state index is -4.19. The Bertz CT molecular complexity index is 1170. The maximum atomic E-state index is 12.8. The van der Waals surface area contributed by atoms with Crippen molar-refractivity contribution in [1.29, 1.82) is 0 Å². The summed E-state index contributed by atoms with van der Waals surface area (Å²) >= 11 is 5.97. The number of halogens is 1. The summed E-state index contributed by atoms with van der Waals surface area (Å²) in [5.74, 6) is -2.39. The van der Waals surface area contributed by atoms with Crippen LogP contribution in [0.1, 0.15) is 23.7 Å². The van der Waals surface area contributed by atoms with Crippen LogP contribution in [-0.2, 0) is 24.3 Å². The molecule has 1 aliphatic rings. The van der Waals surface area contributed by atoms with Crippen molar-refractivity contribution in [3.63, 3.8) is 0 Å². The Morgan fingerprint density at radius 2 is 1.68 bits per heavy atom. The van der Waals surface area contributed by atoms with Gasteiger partial charge >= 0.3 is 5.97 Å². The summed E-state index contributed by atoms with van der Waals surface area (Å²) < 4.78 is 32.2. The molecule has 3 rings (SSSR count). The van der Waals surface area contributed by atoms with E-state index in [1.54, 1.807) is 0 Å². The van der Waals surface area contributed by atoms with Gasteiger partial charge in [-0.25, -0.2) is 18.1 Å². The molecule has 9 nitrogen and oxygen atoms in total. The highest BCUT2D eigenvalue weighted by Crippen LogP contribution is 2.29. The summed E-state index contributed by atoms with van der Waals surface area (Å²) in [7, 11) is -4.19. The third-order valence-corrected chi connectivity index (χ3v) is 5.97. The van der Waals surface area contributed by atoms with Gasteiger partial charge in [-0.3, -0.25) is 14.3 Å². The molecular weight excluding hydrogens is 446 g/mol. The second-order valence-corrected chi connectivity index (χ2v) is 8.55. The van der Waals surface area contributed by atoms with Crippen LogP contribution in [0.25, 0.3) is 0 Å². The molecule has 0 fully saturated rings. The van der Waals surface area contributed by atoms with E-state index in [9.17, 15) is 22.8 Å². The topological polar surface area (TPSA) is 136 Å². The fraction of sp³-hybridized carbons (Fsp3) is 0.150. The number of nitrogens with one attached hydrogen (secondary N) is 1. The third-order valence-electron chi connectivity index (χ3n) is 4.25. The number of nitrogens with zero attached hydrogens (tertiary/aromatic N) is 1. The lowest BCUT2D eigenvalue weighted by Crippen LogP contribution is -2.35. The molecule has 1 aliphatic heterocycles. The molecule has 162 valence electrons. The molecule has 11 heteroatoms. The molecule has 0 atom stereocenters. The van der Waals surface area contributed by atoms with Gasteiger partial charge < -0.3 is 10.5 Å². The van der Waals surface area contributed by atoms with Gasteiger partial charge in [0.15, 0.2) is 0 Å². The molecule has 3 N–H and O–H groups in total. The lowest BCUT2D eigenvalue weighted by atomic mass is 10.2. The number of rotatable bonds is 7. The van der Waals surface area contributed by atoms with Gasteiger partial charge in [-0.2, -0.15) is 0 Å². The van der Waals surface area contributed by atoms with E-state index in [0.717, 1.165) is 0 Å². The van der Waals surface area contributed by atoms with E-state index >= 15 is 0 Å². The monoisotopic (exact) mass is 463 g/mol. The molecule has 1 heterocycles. The number of carbonyl (C=O) groups excluding carboxylic acids is 3. The number of hydrogen-bond donors (Lipinski definition) is 2. The maximum Gasteiger partial charge on any atom is 0.338 e. The highest BCUT2D eigenvalue weighted by Gasteiger charge is 2.40. The van der Waals surface area contributed by atoms with Gasteiger partial charge in [0.25, 0.3) is 21.8 Å². The molecular formula is C20H18ClN3O6S. The molecule has 2 aromatic rings. The first-order chi connectivity index (χ1) is 14.7. The Hall–Kier alpha value is -3.37. The number of nitrogen functional groups attached to an aromatic ring is 1. The first-order valence-corrected chi connectivity index (χ1v) is 11.0. The van der Waals surface area contributed by atoms with Crippen molar-refractivity contribution in [1.82, 2.24) is 4.72 Å². The summed E-state index contributed by atoms with van der Waals surface area (Å²) in [6.07, 6.45) is 0.666. The normalized spacial score (nSPS) is 14.2. The maximum absolute atomic E-state index is 12.8. The number of nitrogens with two attached hydrogens (primary N) is 1. The standard InChI is InChI=1S/C20H18ClN3O6S/c1-2-11-30-20(27)12-3-7-14(8-4-12)24-18(25)16(21)17(19(24)26)23-31(28,29)15-9-5-13(22)6-10-15/h3-10,23H,2,11,22H2,1H3. The van der Waals surface area contributed by atoms with Crippen LogP contribution >= 0.6 is 11.6 Å². The Morgan fingerprint density at radius 1 is 1.06 bits per heavy atom. The summed E-state index contributed by atoms with van der Waals surface area (Å²) in [6, 6.07) is 10.8. The highest BCUT2D eigenvalue weighted by atomic mass is 35.5. The first kappa shape index (κ1) is 22.3. The number of hydrogen-bond acceptors (Lipinski definition) is 7. The summed E-state index contributed by atoms with van der Waals surface area (Å²) in [6.45, 7) is 2.12. The van der Waals surface area contributed by atoms with Gasteiger partial charge in [0.1, 0.15) is 10.7 Å². The number of sulfonamides is 1. The number of anilines is 2. The number of carbonyl (C=O) groups is 3. The molecule has 0 unspecified atom stereocenters. The van der Waals surface area contributed by atoms with Crippen molar-refractivity contribution >= 4 is 50.8 Å². The zero-order valence-corrected chi connectivity index (χ0v) is 17.9. The molecule has 0 bridgehead atoms. The van der Waals surface area contributed by atoms with E-state index in [4.69, 9.17) is 22.1 Å².